The van der Waals surface area contributed by atoms with Crippen LogP contribution in [0.15, 0.2) is 35.7 Å². The van der Waals surface area contributed by atoms with Crippen molar-refractivity contribution in [3.8, 4) is 11.1 Å². The number of thiophene rings is 1. The average molecular weight is 315 g/mol. The lowest BCUT2D eigenvalue weighted by atomic mass is 10.1. The molecule has 8 heteroatoms. The largest absolute Gasteiger partial charge is 0.477 e. The van der Waals surface area contributed by atoms with Crippen molar-refractivity contribution in [3.63, 3.8) is 0 Å². The van der Waals surface area contributed by atoms with E-state index in [2.05, 4.69) is 0 Å². The van der Waals surface area contributed by atoms with Gasteiger partial charge in [-0.1, -0.05) is 30.3 Å². The van der Waals surface area contributed by atoms with Crippen LogP contribution in [0.2, 0.25) is 0 Å². The van der Waals surface area contributed by atoms with Gasteiger partial charge in [-0.25, -0.2) is 4.79 Å². The minimum absolute atomic E-state index is 0.232. The predicted octanol–water partition coefficient (Wildman–Crippen LogP) is 3.61. The lowest BCUT2D eigenvalue weighted by Gasteiger charge is -2.10. The molecule has 0 fully saturated rings. The summed E-state index contributed by atoms with van der Waals surface area (Å²) in [6.45, 7) is 0. The first-order valence-electron chi connectivity index (χ1n) is 5.59. The van der Waals surface area contributed by atoms with E-state index < -0.39 is 18.1 Å². The zero-order chi connectivity index (χ0) is 15.6. The highest BCUT2D eigenvalue weighted by Gasteiger charge is 2.40. The van der Waals surface area contributed by atoms with Crippen molar-refractivity contribution in [2.75, 3.05) is 5.32 Å². The summed E-state index contributed by atoms with van der Waals surface area (Å²) >= 11 is 0.750. The van der Waals surface area contributed by atoms with E-state index in [-0.39, 0.29) is 16.1 Å². The van der Waals surface area contributed by atoms with Gasteiger partial charge in [0.05, 0.1) is 5.69 Å². The molecule has 0 bridgehead atoms. The number of carbonyl (C=O) groups excluding carboxylic acids is 1. The van der Waals surface area contributed by atoms with Crippen LogP contribution in [0.1, 0.15) is 9.67 Å². The Morgan fingerprint density at radius 2 is 1.76 bits per heavy atom. The van der Waals surface area contributed by atoms with Gasteiger partial charge in [0.25, 0.3) is 0 Å². The van der Waals surface area contributed by atoms with Crippen molar-refractivity contribution in [3.05, 3.63) is 40.6 Å². The van der Waals surface area contributed by atoms with Crippen LogP contribution >= 0.6 is 11.3 Å². The van der Waals surface area contributed by atoms with Crippen LogP contribution in [0, 0.1) is 0 Å². The smallest absolute Gasteiger partial charge is 0.471 e. The SMILES string of the molecule is O=C(O)c1scc(-c2ccccc2)c1NC(=O)C(F)(F)F. The summed E-state index contributed by atoms with van der Waals surface area (Å²) in [5.74, 6) is -3.61. The first-order chi connectivity index (χ1) is 9.80. The monoisotopic (exact) mass is 315 g/mol. The molecule has 0 atom stereocenters. The van der Waals surface area contributed by atoms with Crippen LogP contribution in [0.25, 0.3) is 11.1 Å². The molecular weight excluding hydrogens is 307 g/mol. The number of rotatable bonds is 3. The summed E-state index contributed by atoms with van der Waals surface area (Å²) in [5.41, 5.74) is 0.398. The van der Waals surface area contributed by atoms with Gasteiger partial charge in [0, 0.05) is 10.9 Å². The van der Waals surface area contributed by atoms with Crippen LogP contribution < -0.4 is 5.32 Å². The summed E-state index contributed by atoms with van der Waals surface area (Å²) in [6.07, 6.45) is -5.09. The third kappa shape index (κ3) is 3.22. The normalized spacial score (nSPS) is 11.2. The Hall–Kier alpha value is -2.35. The molecule has 0 saturated heterocycles. The summed E-state index contributed by atoms with van der Waals surface area (Å²) in [6, 6.07) is 8.24. The van der Waals surface area contributed by atoms with E-state index in [1.165, 1.54) is 5.38 Å². The zero-order valence-corrected chi connectivity index (χ0v) is 11.1. The Labute approximate surface area is 120 Å². The van der Waals surface area contributed by atoms with E-state index in [0.717, 1.165) is 11.3 Å². The van der Waals surface area contributed by atoms with Crippen LogP contribution in [-0.4, -0.2) is 23.2 Å². The third-order valence-electron chi connectivity index (χ3n) is 2.57. The highest BCUT2D eigenvalue weighted by Crippen LogP contribution is 2.37. The van der Waals surface area contributed by atoms with Gasteiger partial charge in [-0.15, -0.1) is 11.3 Å². The molecule has 0 aliphatic rings. The second-order valence-electron chi connectivity index (χ2n) is 3.98. The standard InChI is InChI=1S/C13H8F3NO3S/c14-13(15,16)12(20)17-9-8(6-21-10(9)11(18)19)7-4-2-1-3-5-7/h1-6H,(H,17,20)(H,18,19). The summed E-state index contributed by atoms with van der Waals surface area (Å²) < 4.78 is 37.1. The van der Waals surface area contributed by atoms with Crippen molar-refractivity contribution in [2.24, 2.45) is 0 Å². The molecule has 0 aliphatic heterocycles. The van der Waals surface area contributed by atoms with E-state index >= 15 is 0 Å². The number of amides is 1. The van der Waals surface area contributed by atoms with Gasteiger partial charge < -0.3 is 10.4 Å². The number of carboxylic acid groups (broad SMARTS) is 1. The van der Waals surface area contributed by atoms with Gasteiger partial charge in [-0.3, -0.25) is 4.79 Å². The fourth-order valence-electron chi connectivity index (χ4n) is 1.65. The first-order valence-corrected chi connectivity index (χ1v) is 6.47. The summed E-state index contributed by atoms with van der Waals surface area (Å²) in [4.78, 5) is 21.8. The van der Waals surface area contributed by atoms with Gasteiger partial charge in [-0.05, 0) is 5.56 Å². The van der Waals surface area contributed by atoms with Gasteiger partial charge in [0.1, 0.15) is 4.88 Å². The molecule has 0 radical (unpaired) electrons. The molecule has 110 valence electrons. The number of nitrogens with one attached hydrogen (secondary N) is 1. The zero-order valence-electron chi connectivity index (χ0n) is 10.3. The molecular formula is C13H8F3NO3S. The minimum Gasteiger partial charge on any atom is -0.477 e. The molecule has 4 nitrogen and oxygen atoms in total. The highest BCUT2D eigenvalue weighted by molar-refractivity contribution is 7.13. The fourth-order valence-corrected chi connectivity index (χ4v) is 2.52. The molecule has 21 heavy (non-hydrogen) atoms. The van der Waals surface area contributed by atoms with Crippen molar-refractivity contribution in [2.45, 2.75) is 6.18 Å². The molecule has 1 amide bonds. The number of hydrogen-bond donors (Lipinski definition) is 2. The molecule has 0 aliphatic carbocycles. The Morgan fingerprint density at radius 3 is 2.29 bits per heavy atom. The van der Waals surface area contributed by atoms with E-state index in [1.54, 1.807) is 35.6 Å². The number of aromatic carboxylic acids is 1. The number of hydrogen-bond acceptors (Lipinski definition) is 3. The van der Waals surface area contributed by atoms with Crippen molar-refractivity contribution < 1.29 is 27.9 Å². The third-order valence-corrected chi connectivity index (χ3v) is 3.53. The van der Waals surface area contributed by atoms with Gasteiger partial charge in [0.2, 0.25) is 0 Å². The van der Waals surface area contributed by atoms with E-state index in [4.69, 9.17) is 5.11 Å². The van der Waals surface area contributed by atoms with Crippen molar-refractivity contribution in [1.29, 1.82) is 0 Å². The maximum absolute atomic E-state index is 12.4. The quantitative estimate of drug-likeness (QED) is 0.909. The number of benzene rings is 1. The Morgan fingerprint density at radius 1 is 1.14 bits per heavy atom. The number of alkyl halides is 3. The Balaban J connectivity index is 2.49. The maximum atomic E-state index is 12.4. The lowest BCUT2D eigenvalue weighted by Crippen LogP contribution is -2.30. The first kappa shape index (κ1) is 15.0. The molecule has 1 aromatic heterocycles. The molecule has 0 saturated carbocycles. The second kappa shape index (κ2) is 5.57. The topological polar surface area (TPSA) is 66.4 Å². The Bertz CT molecular complexity index is 680. The van der Waals surface area contributed by atoms with Crippen molar-refractivity contribution >= 4 is 28.9 Å². The van der Waals surface area contributed by atoms with E-state index in [9.17, 15) is 22.8 Å². The highest BCUT2D eigenvalue weighted by atomic mass is 32.1. The molecule has 1 aromatic carbocycles. The summed E-state index contributed by atoms with van der Waals surface area (Å²) in [7, 11) is 0. The van der Waals surface area contributed by atoms with E-state index in [0.29, 0.717) is 5.56 Å². The van der Waals surface area contributed by atoms with Crippen LogP contribution in [0.4, 0.5) is 18.9 Å². The molecule has 0 spiro atoms. The molecule has 2 N–H and O–H groups in total. The van der Waals surface area contributed by atoms with Crippen LogP contribution in [0.3, 0.4) is 0 Å². The van der Waals surface area contributed by atoms with Crippen LogP contribution in [0.5, 0.6) is 0 Å². The Kier molecular flexibility index (Phi) is 3.99. The number of halogens is 3. The van der Waals surface area contributed by atoms with Gasteiger partial charge in [0.15, 0.2) is 0 Å². The van der Waals surface area contributed by atoms with Crippen LogP contribution in [-0.2, 0) is 4.79 Å². The fraction of sp³-hybridized carbons (Fsp3) is 0.0769. The number of carbonyl (C=O) groups is 2. The minimum atomic E-state index is -5.09. The maximum Gasteiger partial charge on any atom is 0.471 e. The number of carboxylic acids is 1. The lowest BCUT2D eigenvalue weighted by molar-refractivity contribution is -0.167. The average Bonchev–Trinajstić information content (AvgIpc) is 2.82. The molecule has 1 heterocycles. The second-order valence-corrected chi connectivity index (χ2v) is 4.86. The molecule has 2 aromatic rings. The van der Waals surface area contributed by atoms with Crippen molar-refractivity contribution in [1.82, 2.24) is 0 Å². The predicted molar refractivity (Wildman–Crippen MR) is 71.4 cm³/mol. The van der Waals surface area contributed by atoms with E-state index in [1.807, 2.05) is 0 Å². The number of anilines is 1. The van der Waals surface area contributed by atoms with Gasteiger partial charge >= 0.3 is 18.1 Å². The molecule has 0 unspecified atom stereocenters. The van der Waals surface area contributed by atoms with Gasteiger partial charge in [-0.2, -0.15) is 13.2 Å². The summed E-state index contributed by atoms with van der Waals surface area (Å²) in [5, 5.41) is 12.1. The molecule has 2 rings (SSSR count).